The monoisotopic (exact) mass is 753 g/mol. The highest BCUT2D eigenvalue weighted by molar-refractivity contribution is 6.30. The highest BCUT2D eigenvalue weighted by Crippen LogP contribution is 2.43. The Morgan fingerprint density at radius 3 is 2.33 bits per heavy atom. The smallest absolute Gasteiger partial charge is 0.408 e. The van der Waals surface area contributed by atoms with Gasteiger partial charge in [-0.15, -0.1) is 0 Å². The Kier molecular flexibility index (Phi) is 11.4. The van der Waals surface area contributed by atoms with Crippen molar-refractivity contribution < 1.29 is 38.8 Å². The molecule has 4 aromatic carbocycles. The van der Waals surface area contributed by atoms with Crippen LogP contribution in [0.1, 0.15) is 66.4 Å². The van der Waals surface area contributed by atoms with E-state index in [1.54, 1.807) is 30.3 Å². The largest absolute Gasteiger partial charge is 0.445 e. The third kappa shape index (κ3) is 8.37. The molecule has 3 heterocycles. The Labute approximate surface area is 319 Å². The van der Waals surface area contributed by atoms with E-state index in [-0.39, 0.29) is 37.8 Å². The standard InChI is InChI=1S/C42H44ClN3O8/c1-27-36(24-45-20-18-42(51,19-21-45)32-14-16-33(43)17-15-32)53-40(54-38(27)30-12-10-28(25-47)11-13-30)31-8-5-9-34(22-31)46-37(48)23-35(39(46)49)44-41(50)52-26-29-6-3-2-4-7-29/h2-17,22,27,35-36,38,40,47,51H,18-21,23-26H2,1H3,(H,44,50)/t27-,35?,36+,38+,40+/m1/s1. The highest BCUT2D eigenvalue weighted by atomic mass is 35.5. The second-order valence-corrected chi connectivity index (χ2v) is 14.7. The second kappa shape index (κ2) is 16.4. The zero-order chi connectivity index (χ0) is 37.8. The highest BCUT2D eigenvalue weighted by Gasteiger charge is 2.43. The van der Waals surface area contributed by atoms with Gasteiger partial charge in [0.15, 0.2) is 6.29 Å². The third-order valence-electron chi connectivity index (χ3n) is 10.7. The molecule has 0 saturated carbocycles. The van der Waals surface area contributed by atoms with Crippen LogP contribution in [0.15, 0.2) is 103 Å². The number of aliphatic hydroxyl groups excluding tert-OH is 1. The molecule has 0 bridgehead atoms. The summed E-state index contributed by atoms with van der Waals surface area (Å²) in [5, 5.41) is 24.3. The lowest BCUT2D eigenvalue weighted by molar-refractivity contribution is -0.277. The van der Waals surface area contributed by atoms with E-state index in [0.29, 0.717) is 48.7 Å². The molecule has 3 aliphatic heterocycles. The van der Waals surface area contributed by atoms with Crippen LogP contribution in [0.5, 0.6) is 0 Å². The number of carbonyl (C=O) groups excluding carboxylic acids is 3. The first-order chi connectivity index (χ1) is 26.1. The van der Waals surface area contributed by atoms with Gasteiger partial charge in [0.05, 0.1) is 36.5 Å². The van der Waals surface area contributed by atoms with Gasteiger partial charge in [-0.05, 0) is 59.4 Å². The minimum Gasteiger partial charge on any atom is -0.445 e. The Bertz CT molecular complexity index is 1940. The zero-order valence-corrected chi connectivity index (χ0v) is 30.7. The van der Waals surface area contributed by atoms with E-state index in [1.165, 1.54) is 0 Å². The van der Waals surface area contributed by atoms with E-state index in [9.17, 15) is 24.6 Å². The molecule has 4 aromatic rings. The number of likely N-dealkylation sites (tertiary alicyclic amines) is 1. The third-order valence-corrected chi connectivity index (χ3v) is 10.9. The lowest BCUT2D eigenvalue weighted by Gasteiger charge is -2.45. The van der Waals surface area contributed by atoms with Gasteiger partial charge in [0.25, 0.3) is 5.91 Å². The SMILES string of the molecule is C[C@@H]1[C@H](CN2CCC(O)(c3ccc(Cl)cc3)CC2)O[C@H](c2cccc(N3C(=O)CC(NC(=O)OCc4ccccc4)C3=O)c2)O[C@@H]1c1ccc(CO)cc1. The van der Waals surface area contributed by atoms with Gasteiger partial charge in [-0.25, -0.2) is 9.69 Å². The van der Waals surface area contributed by atoms with Crippen LogP contribution in [-0.2, 0) is 42.6 Å². The van der Waals surface area contributed by atoms with E-state index >= 15 is 0 Å². The van der Waals surface area contributed by atoms with E-state index in [4.69, 9.17) is 25.8 Å². The maximum absolute atomic E-state index is 13.5. The summed E-state index contributed by atoms with van der Waals surface area (Å²) >= 11 is 6.10. The molecule has 12 heteroatoms. The molecule has 0 aromatic heterocycles. The average molecular weight is 754 g/mol. The molecule has 11 nitrogen and oxygen atoms in total. The molecule has 3 saturated heterocycles. The van der Waals surface area contributed by atoms with Crippen LogP contribution in [0.2, 0.25) is 5.02 Å². The van der Waals surface area contributed by atoms with Crippen molar-refractivity contribution in [2.75, 3.05) is 24.5 Å². The van der Waals surface area contributed by atoms with Crippen molar-refractivity contribution in [3.63, 3.8) is 0 Å². The molecule has 0 aliphatic carbocycles. The molecule has 1 unspecified atom stereocenters. The van der Waals surface area contributed by atoms with Crippen LogP contribution in [0.25, 0.3) is 0 Å². The van der Waals surface area contributed by atoms with Gasteiger partial charge in [0.1, 0.15) is 12.6 Å². The number of rotatable bonds is 10. The number of hydrogen-bond donors (Lipinski definition) is 3. The quantitative estimate of drug-likeness (QED) is 0.163. The Morgan fingerprint density at radius 1 is 0.907 bits per heavy atom. The summed E-state index contributed by atoms with van der Waals surface area (Å²) < 4.78 is 18.6. The fourth-order valence-electron chi connectivity index (χ4n) is 7.47. The number of ether oxygens (including phenoxy) is 3. The van der Waals surface area contributed by atoms with Crippen molar-refractivity contribution in [2.45, 2.75) is 69.5 Å². The number of anilines is 1. The van der Waals surface area contributed by atoms with E-state index in [2.05, 4.69) is 17.1 Å². The molecule has 3 amide bonds. The number of benzene rings is 4. The first-order valence-electron chi connectivity index (χ1n) is 18.3. The van der Waals surface area contributed by atoms with Gasteiger partial charge in [-0.1, -0.05) is 97.4 Å². The second-order valence-electron chi connectivity index (χ2n) is 14.3. The minimum absolute atomic E-state index is 0.0320. The van der Waals surface area contributed by atoms with Crippen LogP contribution in [0.3, 0.4) is 0 Å². The molecule has 3 N–H and O–H groups in total. The summed E-state index contributed by atoms with van der Waals surface area (Å²) in [5.74, 6) is -1.08. The summed E-state index contributed by atoms with van der Waals surface area (Å²) in [7, 11) is 0. The number of hydrogen-bond acceptors (Lipinski definition) is 9. The lowest BCUT2D eigenvalue weighted by atomic mass is 9.84. The summed E-state index contributed by atoms with van der Waals surface area (Å²) in [6.07, 6.45) is -1.35. The van der Waals surface area contributed by atoms with Crippen molar-refractivity contribution in [3.05, 3.63) is 136 Å². The number of alkyl carbamates (subject to hydrolysis) is 1. The molecule has 0 spiro atoms. The summed E-state index contributed by atoms with van der Waals surface area (Å²) in [6.45, 7) is 3.98. The van der Waals surface area contributed by atoms with Gasteiger partial charge in [0.2, 0.25) is 5.91 Å². The lowest BCUT2D eigenvalue weighted by Crippen LogP contribution is -2.49. The average Bonchev–Trinajstić information content (AvgIpc) is 3.47. The van der Waals surface area contributed by atoms with Crippen LogP contribution in [0.4, 0.5) is 10.5 Å². The summed E-state index contributed by atoms with van der Waals surface area (Å²) in [4.78, 5) is 42.6. The number of nitrogens with one attached hydrogen (secondary N) is 1. The van der Waals surface area contributed by atoms with E-state index in [0.717, 1.165) is 27.2 Å². The van der Waals surface area contributed by atoms with Gasteiger partial charge >= 0.3 is 6.09 Å². The van der Waals surface area contributed by atoms with E-state index < -0.39 is 35.8 Å². The maximum atomic E-state index is 13.5. The van der Waals surface area contributed by atoms with Crippen molar-refractivity contribution in [2.24, 2.45) is 5.92 Å². The molecule has 5 atom stereocenters. The number of aliphatic hydroxyl groups is 2. The molecule has 282 valence electrons. The van der Waals surface area contributed by atoms with Crippen molar-refractivity contribution >= 4 is 35.2 Å². The topological polar surface area (TPSA) is 138 Å². The minimum atomic E-state index is -1.06. The first kappa shape index (κ1) is 37.7. The van der Waals surface area contributed by atoms with Crippen LogP contribution in [-0.4, -0.2) is 64.8 Å². The molecule has 3 aliphatic rings. The van der Waals surface area contributed by atoms with Crippen LogP contribution in [0, 0.1) is 5.92 Å². The van der Waals surface area contributed by atoms with Crippen LogP contribution >= 0.6 is 11.6 Å². The van der Waals surface area contributed by atoms with Gasteiger partial charge < -0.3 is 34.6 Å². The molecule has 7 rings (SSSR count). The summed E-state index contributed by atoms with van der Waals surface area (Å²) in [5.41, 5.74) is 3.40. The Hall–Kier alpha value is -4.62. The maximum Gasteiger partial charge on any atom is 0.408 e. The number of halogens is 1. The number of imide groups is 1. The van der Waals surface area contributed by atoms with Gasteiger partial charge in [-0.3, -0.25) is 9.59 Å². The van der Waals surface area contributed by atoms with Crippen molar-refractivity contribution in [3.8, 4) is 0 Å². The van der Waals surface area contributed by atoms with Gasteiger partial charge in [-0.2, -0.15) is 0 Å². The summed E-state index contributed by atoms with van der Waals surface area (Å²) in [6, 6.07) is 30.1. The number of piperidine rings is 1. The number of carbonyl (C=O) groups is 3. The Morgan fingerprint density at radius 2 is 1.63 bits per heavy atom. The Balaban J connectivity index is 1.06. The van der Waals surface area contributed by atoms with Crippen molar-refractivity contribution in [1.29, 1.82) is 0 Å². The fraction of sp³-hybridized carbons (Fsp3) is 0.357. The first-order valence-corrected chi connectivity index (χ1v) is 18.6. The van der Waals surface area contributed by atoms with E-state index in [1.807, 2.05) is 72.8 Å². The normalized spacial score (nSPS) is 24.4. The fourth-order valence-corrected chi connectivity index (χ4v) is 7.60. The molecule has 3 fully saturated rings. The van der Waals surface area contributed by atoms with Crippen molar-refractivity contribution in [1.82, 2.24) is 10.2 Å². The number of nitrogens with zero attached hydrogens (tertiary/aromatic N) is 2. The molecular formula is C42H44ClN3O8. The van der Waals surface area contributed by atoms with Crippen LogP contribution < -0.4 is 10.2 Å². The predicted octanol–water partition coefficient (Wildman–Crippen LogP) is 6.17. The molecule has 0 radical (unpaired) electrons. The molecular weight excluding hydrogens is 710 g/mol. The van der Waals surface area contributed by atoms with Gasteiger partial charge in [0, 0.05) is 36.1 Å². The number of amides is 3. The molecule has 54 heavy (non-hydrogen) atoms. The predicted molar refractivity (Wildman–Crippen MR) is 201 cm³/mol. The zero-order valence-electron chi connectivity index (χ0n) is 30.0.